The molecule has 0 aliphatic heterocycles. The summed E-state index contributed by atoms with van der Waals surface area (Å²) in [7, 11) is -4.27. The van der Waals surface area contributed by atoms with Gasteiger partial charge in [-0.05, 0) is 31.9 Å². The summed E-state index contributed by atoms with van der Waals surface area (Å²) >= 11 is 0. The molecule has 1 fully saturated rings. The van der Waals surface area contributed by atoms with Crippen molar-refractivity contribution in [3.05, 3.63) is 59.9 Å². The number of aryl methyl sites for hydroxylation is 1. The molecule has 24 heavy (non-hydrogen) atoms. The van der Waals surface area contributed by atoms with Crippen LogP contribution in [0.25, 0.3) is 0 Å². The molecule has 1 aromatic carbocycles. The zero-order chi connectivity index (χ0) is 18.0. The number of H-pyrrole nitrogens is 1. The molecular formula is C16H16F3NO3S. The summed E-state index contributed by atoms with van der Waals surface area (Å²) in [5.74, 6) is 0. The van der Waals surface area contributed by atoms with Crippen molar-refractivity contribution >= 4 is 10.1 Å². The molecule has 1 N–H and O–H groups in total. The van der Waals surface area contributed by atoms with Crippen LogP contribution in [-0.2, 0) is 15.5 Å². The van der Waals surface area contributed by atoms with Crippen molar-refractivity contribution in [2.24, 2.45) is 0 Å². The highest BCUT2D eigenvalue weighted by atomic mass is 32.2. The van der Waals surface area contributed by atoms with E-state index in [1.807, 2.05) is 6.92 Å². The molecule has 3 rings (SSSR count). The third-order valence-corrected chi connectivity index (χ3v) is 4.68. The quantitative estimate of drug-likeness (QED) is 0.774. The minimum Gasteiger partial charge on any atom is -0.744 e. The lowest BCUT2D eigenvalue weighted by molar-refractivity contribution is -0.403. The van der Waals surface area contributed by atoms with E-state index in [2.05, 4.69) is 4.98 Å². The normalized spacial score (nSPS) is 16.0. The van der Waals surface area contributed by atoms with E-state index in [4.69, 9.17) is 0 Å². The first kappa shape index (κ1) is 18.4. The SMILES string of the molecule is Cc1ccc(S(=O)(=O)[O-])cc1.FC(F)(F)C1(c2cccc[nH+]2)CC1. The highest BCUT2D eigenvalue weighted by Gasteiger charge is 2.68. The lowest BCUT2D eigenvalue weighted by Crippen LogP contribution is -2.34. The van der Waals surface area contributed by atoms with E-state index in [1.54, 1.807) is 24.3 Å². The number of pyridine rings is 1. The molecule has 1 aliphatic rings. The fourth-order valence-electron chi connectivity index (χ4n) is 2.23. The van der Waals surface area contributed by atoms with Crippen LogP contribution in [0, 0.1) is 6.92 Å². The average Bonchev–Trinajstić information content (AvgIpc) is 3.30. The van der Waals surface area contributed by atoms with E-state index in [1.165, 1.54) is 24.4 Å². The average molecular weight is 359 g/mol. The van der Waals surface area contributed by atoms with Crippen molar-refractivity contribution in [1.82, 2.24) is 0 Å². The molecule has 0 bridgehead atoms. The minimum atomic E-state index is -4.27. The number of halogens is 3. The first-order valence-electron chi connectivity index (χ1n) is 7.13. The zero-order valence-electron chi connectivity index (χ0n) is 12.8. The fourth-order valence-corrected chi connectivity index (χ4v) is 2.70. The van der Waals surface area contributed by atoms with Crippen LogP contribution in [0.5, 0.6) is 0 Å². The van der Waals surface area contributed by atoms with Crippen LogP contribution in [-0.4, -0.2) is 19.1 Å². The van der Waals surface area contributed by atoms with Crippen molar-refractivity contribution in [3.63, 3.8) is 0 Å². The fraction of sp³-hybridized carbons (Fsp3) is 0.312. The summed E-state index contributed by atoms with van der Waals surface area (Å²) in [6.07, 6.45) is -2.18. The van der Waals surface area contributed by atoms with Crippen molar-refractivity contribution in [1.29, 1.82) is 0 Å². The number of benzene rings is 1. The standard InChI is InChI=1S/C9H8F3N.C7H8O3S/c10-9(11,12)8(4-5-8)7-3-1-2-6-13-7;1-6-2-4-7(5-3-6)11(8,9)10/h1-3,6H,4-5H2;2-5H,1H3,(H,8,9,10). The third kappa shape index (κ3) is 4.12. The van der Waals surface area contributed by atoms with E-state index >= 15 is 0 Å². The first-order valence-corrected chi connectivity index (χ1v) is 8.54. The second-order valence-corrected chi connectivity index (χ2v) is 7.00. The van der Waals surface area contributed by atoms with Gasteiger partial charge in [0, 0.05) is 12.1 Å². The summed E-state index contributed by atoms with van der Waals surface area (Å²) in [6.45, 7) is 1.82. The second-order valence-electron chi connectivity index (χ2n) is 5.62. The van der Waals surface area contributed by atoms with Crippen LogP contribution in [0.15, 0.2) is 53.6 Å². The number of rotatable bonds is 2. The maximum absolute atomic E-state index is 12.6. The van der Waals surface area contributed by atoms with Crippen LogP contribution < -0.4 is 4.98 Å². The number of hydrogen-bond acceptors (Lipinski definition) is 3. The van der Waals surface area contributed by atoms with Gasteiger partial charge in [-0.3, -0.25) is 0 Å². The Kier molecular flexibility index (Phi) is 5.00. The molecule has 2 aromatic rings. The van der Waals surface area contributed by atoms with Crippen molar-refractivity contribution in [2.45, 2.75) is 36.3 Å². The smallest absolute Gasteiger partial charge is 0.404 e. The Hall–Kier alpha value is -1.93. The lowest BCUT2D eigenvalue weighted by Gasteiger charge is -2.14. The molecule has 0 saturated heterocycles. The minimum absolute atomic E-state index is 0.178. The highest BCUT2D eigenvalue weighted by molar-refractivity contribution is 7.85. The molecule has 1 heterocycles. The van der Waals surface area contributed by atoms with E-state index in [9.17, 15) is 26.1 Å². The molecule has 0 atom stereocenters. The van der Waals surface area contributed by atoms with Crippen molar-refractivity contribution in [3.8, 4) is 0 Å². The van der Waals surface area contributed by atoms with Gasteiger partial charge in [-0.15, -0.1) is 0 Å². The van der Waals surface area contributed by atoms with E-state index in [0.717, 1.165) is 5.56 Å². The molecule has 1 aliphatic carbocycles. The Balaban J connectivity index is 0.000000177. The van der Waals surface area contributed by atoms with Gasteiger partial charge in [0.25, 0.3) is 0 Å². The van der Waals surface area contributed by atoms with Crippen LogP contribution in [0.2, 0.25) is 0 Å². The predicted octanol–water partition coefficient (Wildman–Crippen LogP) is 2.99. The van der Waals surface area contributed by atoms with Gasteiger partial charge < -0.3 is 4.55 Å². The van der Waals surface area contributed by atoms with E-state index < -0.39 is 21.7 Å². The number of hydrogen-bond donors (Lipinski definition) is 0. The van der Waals surface area contributed by atoms with Crippen LogP contribution >= 0.6 is 0 Å². The van der Waals surface area contributed by atoms with Gasteiger partial charge in [0.05, 0.1) is 4.90 Å². The summed E-state index contributed by atoms with van der Waals surface area (Å²) in [5.41, 5.74) is -0.367. The van der Waals surface area contributed by atoms with Gasteiger partial charge in [0.2, 0.25) is 0 Å². The molecule has 0 unspecified atom stereocenters. The van der Waals surface area contributed by atoms with Gasteiger partial charge in [-0.25, -0.2) is 13.4 Å². The molecular weight excluding hydrogens is 343 g/mol. The predicted molar refractivity (Wildman–Crippen MR) is 79.1 cm³/mol. The Morgan fingerprint density at radius 2 is 1.67 bits per heavy atom. The Morgan fingerprint density at radius 3 is 2.04 bits per heavy atom. The summed E-state index contributed by atoms with van der Waals surface area (Å²) in [6, 6.07) is 10.6. The highest BCUT2D eigenvalue weighted by Crippen LogP contribution is 2.57. The monoisotopic (exact) mass is 359 g/mol. The molecule has 0 spiro atoms. The largest absolute Gasteiger partial charge is 0.744 e. The lowest BCUT2D eigenvalue weighted by atomic mass is 10.0. The Morgan fingerprint density at radius 1 is 1.08 bits per heavy atom. The van der Waals surface area contributed by atoms with Gasteiger partial charge in [-0.2, -0.15) is 13.2 Å². The molecule has 1 aromatic heterocycles. The molecule has 0 amide bonds. The van der Waals surface area contributed by atoms with E-state index in [0.29, 0.717) is 0 Å². The van der Waals surface area contributed by atoms with Crippen LogP contribution in [0.3, 0.4) is 0 Å². The van der Waals surface area contributed by atoms with E-state index in [-0.39, 0.29) is 23.4 Å². The molecule has 0 radical (unpaired) electrons. The van der Waals surface area contributed by atoms with Crippen LogP contribution in [0.1, 0.15) is 24.1 Å². The summed E-state index contributed by atoms with van der Waals surface area (Å²) in [5, 5.41) is 0. The summed E-state index contributed by atoms with van der Waals surface area (Å²) < 4.78 is 68.9. The molecule has 1 saturated carbocycles. The molecule has 130 valence electrons. The number of aromatic amines is 1. The van der Waals surface area contributed by atoms with Crippen LogP contribution in [0.4, 0.5) is 13.2 Å². The molecule has 4 nitrogen and oxygen atoms in total. The number of aromatic nitrogens is 1. The summed E-state index contributed by atoms with van der Waals surface area (Å²) in [4.78, 5) is 2.48. The van der Waals surface area contributed by atoms with Crippen molar-refractivity contribution < 1.29 is 31.1 Å². The third-order valence-electron chi connectivity index (χ3n) is 3.83. The van der Waals surface area contributed by atoms with Gasteiger partial charge in [0.1, 0.15) is 15.5 Å². The maximum Gasteiger partial charge on any atom is 0.404 e. The Bertz CT molecular complexity index is 784. The first-order chi connectivity index (χ1) is 11.1. The maximum atomic E-state index is 12.6. The Labute approximate surface area is 138 Å². The molecule has 8 heteroatoms. The zero-order valence-corrected chi connectivity index (χ0v) is 13.6. The second kappa shape index (κ2) is 6.52. The van der Waals surface area contributed by atoms with Gasteiger partial charge in [0.15, 0.2) is 11.9 Å². The van der Waals surface area contributed by atoms with Gasteiger partial charge >= 0.3 is 6.18 Å². The van der Waals surface area contributed by atoms with Gasteiger partial charge in [-0.1, -0.05) is 23.8 Å². The number of nitrogens with one attached hydrogen (secondary N) is 1. The number of alkyl halides is 3. The topological polar surface area (TPSA) is 71.3 Å². The van der Waals surface area contributed by atoms with Crippen molar-refractivity contribution in [2.75, 3.05) is 0 Å².